The van der Waals surface area contributed by atoms with Crippen molar-refractivity contribution >= 4 is 33.9 Å². The van der Waals surface area contributed by atoms with Gasteiger partial charge in [-0.3, -0.25) is 9.59 Å². The Kier molecular flexibility index (Phi) is 6.93. The number of ether oxygens (including phenoxy) is 2. The van der Waals surface area contributed by atoms with E-state index in [0.717, 1.165) is 0 Å². The van der Waals surface area contributed by atoms with Crippen molar-refractivity contribution in [3.05, 3.63) is 59.7 Å². The zero-order valence-corrected chi connectivity index (χ0v) is 16.8. The molecule has 3 rings (SSSR count). The number of benzene rings is 2. The third kappa shape index (κ3) is 5.09. The molecule has 1 aliphatic heterocycles. The fourth-order valence-corrected chi connectivity index (χ4v) is 4.32. The first-order valence-corrected chi connectivity index (χ1v) is 10.5. The zero-order valence-electron chi connectivity index (χ0n) is 15.9. The minimum atomic E-state index is -3.71. The van der Waals surface area contributed by atoms with Gasteiger partial charge >= 0.3 is 5.97 Å². The summed E-state index contributed by atoms with van der Waals surface area (Å²) < 4.78 is 36.9. The molecule has 10 heteroatoms. The van der Waals surface area contributed by atoms with E-state index < -0.39 is 28.5 Å². The van der Waals surface area contributed by atoms with Crippen LogP contribution in [0.4, 0.5) is 5.69 Å². The topological polar surface area (TPSA) is 119 Å². The molecule has 2 aromatic rings. The summed E-state index contributed by atoms with van der Waals surface area (Å²) in [4.78, 5) is 35.2. The molecule has 158 valence electrons. The van der Waals surface area contributed by atoms with Crippen molar-refractivity contribution in [3.8, 4) is 0 Å². The van der Waals surface area contributed by atoms with Crippen LogP contribution in [0.2, 0.25) is 0 Å². The average Bonchev–Trinajstić information content (AvgIpc) is 2.78. The lowest BCUT2D eigenvalue weighted by Gasteiger charge is -2.26. The molecule has 2 aromatic carbocycles. The molecule has 30 heavy (non-hydrogen) atoms. The number of carbonyl (C=O) groups excluding carboxylic acids is 3. The predicted molar refractivity (Wildman–Crippen MR) is 107 cm³/mol. The summed E-state index contributed by atoms with van der Waals surface area (Å²) in [5.74, 6) is -1.45. The van der Waals surface area contributed by atoms with E-state index in [9.17, 15) is 22.8 Å². The Morgan fingerprint density at radius 3 is 2.57 bits per heavy atom. The van der Waals surface area contributed by atoms with Crippen molar-refractivity contribution in [2.75, 3.05) is 38.2 Å². The Balaban J connectivity index is 1.62. The van der Waals surface area contributed by atoms with Crippen LogP contribution in [0.15, 0.2) is 53.4 Å². The number of carbonyl (C=O) groups is 3. The summed E-state index contributed by atoms with van der Waals surface area (Å²) in [7, 11) is -3.71. The molecule has 1 fully saturated rings. The van der Waals surface area contributed by atoms with Crippen LogP contribution in [0.25, 0.3) is 0 Å². The van der Waals surface area contributed by atoms with Gasteiger partial charge < -0.3 is 14.8 Å². The maximum Gasteiger partial charge on any atom is 0.339 e. The van der Waals surface area contributed by atoms with Gasteiger partial charge in [-0.1, -0.05) is 24.3 Å². The molecule has 0 aliphatic carbocycles. The van der Waals surface area contributed by atoms with Crippen molar-refractivity contribution in [1.82, 2.24) is 4.31 Å². The monoisotopic (exact) mass is 432 g/mol. The predicted octanol–water partition coefficient (Wildman–Crippen LogP) is 1.32. The summed E-state index contributed by atoms with van der Waals surface area (Å²) in [5, 5.41) is 2.50. The van der Waals surface area contributed by atoms with Gasteiger partial charge in [0, 0.05) is 24.3 Å². The second kappa shape index (κ2) is 9.61. The molecule has 0 saturated carbocycles. The maximum absolute atomic E-state index is 12.7. The summed E-state index contributed by atoms with van der Waals surface area (Å²) in [6.07, 6.45) is 0.525. The van der Waals surface area contributed by atoms with Crippen LogP contribution in [0.3, 0.4) is 0 Å². The lowest BCUT2D eigenvalue weighted by Crippen LogP contribution is -2.40. The molecule has 0 radical (unpaired) electrons. The van der Waals surface area contributed by atoms with E-state index in [4.69, 9.17) is 9.47 Å². The molecule has 0 aromatic heterocycles. The number of aldehydes is 1. The number of morpholine rings is 1. The third-order valence-electron chi connectivity index (χ3n) is 4.37. The van der Waals surface area contributed by atoms with Gasteiger partial charge in [-0.05, 0) is 24.3 Å². The lowest BCUT2D eigenvalue weighted by molar-refractivity contribution is -0.119. The van der Waals surface area contributed by atoms with Crippen LogP contribution < -0.4 is 5.32 Å². The number of hydrogen-bond donors (Lipinski definition) is 1. The number of sulfonamides is 1. The fourth-order valence-electron chi connectivity index (χ4n) is 2.86. The van der Waals surface area contributed by atoms with Crippen molar-refractivity contribution in [3.63, 3.8) is 0 Å². The van der Waals surface area contributed by atoms with Crippen LogP contribution >= 0.6 is 0 Å². The number of amides is 1. The highest BCUT2D eigenvalue weighted by atomic mass is 32.2. The summed E-state index contributed by atoms with van der Waals surface area (Å²) in [6.45, 7) is 0.587. The van der Waals surface area contributed by atoms with Gasteiger partial charge in [0.15, 0.2) is 12.9 Å². The molecule has 1 amide bonds. The van der Waals surface area contributed by atoms with E-state index in [0.29, 0.717) is 19.5 Å². The van der Waals surface area contributed by atoms with Gasteiger partial charge in [0.2, 0.25) is 10.0 Å². The molecule has 1 heterocycles. The second-order valence-electron chi connectivity index (χ2n) is 6.37. The second-order valence-corrected chi connectivity index (χ2v) is 8.31. The summed E-state index contributed by atoms with van der Waals surface area (Å²) in [6, 6.07) is 11.9. The van der Waals surface area contributed by atoms with Gasteiger partial charge in [-0.2, -0.15) is 4.31 Å². The van der Waals surface area contributed by atoms with Gasteiger partial charge in [-0.25, -0.2) is 13.2 Å². The van der Waals surface area contributed by atoms with Crippen LogP contribution in [-0.4, -0.2) is 63.8 Å². The Morgan fingerprint density at radius 2 is 1.83 bits per heavy atom. The number of rotatable bonds is 7. The average molecular weight is 432 g/mol. The Hall–Kier alpha value is -3.08. The maximum atomic E-state index is 12.7. The SMILES string of the molecule is O=Cc1ccccc1C(=O)OCC(=O)Nc1cccc(S(=O)(=O)N2CCOCC2)c1. The van der Waals surface area contributed by atoms with Crippen molar-refractivity contribution in [2.45, 2.75) is 4.90 Å². The zero-order chi connectivity index (χ0) is 21.6. The fraction of sp³-hybridized carbons (Fsp3) is 0.250. The Morgan fingerprint density at radius 1 is 1.10 bits per heavy atom. The highest BCUT2D eigenvalue weighted by molar-refractivity contribution is 7.89. The van der Waals surface area contributed by atoms with Gasteiger partial charge in [0.25, 0.3) is 5.91 Å². The lowest BCUT2D eigenvalue weighted by atomic mass is 10.1. The minimum absolute atomic E-state index is 0.0408. The van der Waals surface area contributed by atoms with Crippen LogP contribution in [-0.2, 0) is 24.3 Å². The highest BCUT2D eigenvalue weighted by Gasteiger charge is 2.26. The number of hydrogen-bond acceptors (Lipinski definition) is 7. The van der Waals surface area contributed by atoms with E-state index >= 15 is 0 Å². The summed E-state index contributed by atoms with van der Waals surface area (Å²) in [5.41, 5.74) is 0.460. The largest absolute Gasteiger partial charge is 0.452 e. The van der Waals surface area contributed by atoms with E-state index in [1.807, 2.05) is 0 Å². The van der Waals surface area contributed by atoms with Crippen molar-refractivity contribution in [1.29, 1.82) is 0 Å². The Bertz CT molecular complexity index is 1050. The quantitative estimate of drug-likeness (QED) is 0.518. The molecule has 1 saturated heterocycles. The first-order valence-electron chi connectivity index (χ1n) is 9.11. The molecule has 0 unspecified atom stereocenters. The highest BCUT2D eigenvalue weighted by Crippen LogP contribution is 2.20. The van der Waals surface area contributed by atoms with Crippen molar-refractivity contribution < 1.29 is 32.3 Å². The number of anilines is 1. The van der Waals surface area contributed by atoms with E-state index in [-0.39, 0.29) is 34.8 Å². The van der Waals surface area contributed by atoms with E-state index in [2.05, 4.69) is 5.32 Å². The third-order valence-corrected chi connectivity index (χ3v) is 6.26. The molecule has 0 atom stereocenters. The Labute approximate surface area is 173 Å². The van der Waals surface area contributed by atoms with Gasteiger partial charge in [0.05, 0.1) is 23.7 Å². The smallest absolute Gasteiger partial charge is 0.339 e. The number of nitrogens with one attached hydrogen (secondary N) is 1. The number of nitrogens with zero attached hydrogens (tertiary/aromatic N) is 1. The normalized spacial score (nSPS) is 14.7. The molecule has 1 aliphatic rings. The molecule has 1 N–H and O–H groups in total. The molecule has 9 nitrogen and oxygen atoms in total. The minimum Gasteiger partial charge on any atom is -0.452 e. The van der Waals surface area contributed by atoms with Crippen LogP contribution in [0.1, 0.15) is 20.7 Å². The van der Waals surface area contributed by atoms with Crippen LogP contribution in [0, 0.1) is 0 Å². The first-order chi connectivity index (χ1) is 14.4. The molecule has 0 bridgehead atoms. The van der Waals surface area contributed by atoms with E-state index in [1.54, 1.807) is 12.1 Å². The first kappa shape index (κ1) is 21.6. The molecular weight excluding hydrogens is 412 g/mol. The standard InChI is InChI=1S/C20H20N2O7S/c23-13-15-4-1-2-7-18(15)20(25)29-14-19(24)21-16-5-3-6-17(12-16)30(26,27)22-8-10-28-11-9-22/h1-7,12-13H,8-11,14H2,(H,21,24). The van der Waals surface area contributed by atoms with Crippen LogP contribution in [0.5, 0.6) is 0 Å². The van der Waals surface area contributed by atoms with Gasteiger partial charge in [-0.15, -0.1) is 0 Å². The van der Waals surface area contributed by atoms with Gasteiger partial charge in [0.1, 0.15) is 0 Å². The number of esters is 1. The van der Waals surface area contributed by atoms with E-state index in [1.165, 1.54) is 40.7 Å². The van der Waals surface area contributed by atoms with Crippen molar-refractivity contribution in [2.24, 2.45) is 0 Å². The molecule has 0 spiro atoms. The summed E-state index contributed by atoms with van der Waals surface area (Å²) >= 11 is 0. The molecular formula is C20H20N2O7S.